The number of aromatic nitrogens is 2. The molecule has 2 saturated carbocycles. The van der Waals surface area contributed by atoms with E-state index in [2.05, 4.69) is 10.4 Å². The van der Waals surface area contributed by atoms with Gasteiger partial charge in [0.1, 0.15) is 0 Å². The first kappa shape index (κ1) is 13.1. The molecule has 1 heterocycles. The molecular weight excluding hydrogens is 258 g/mol. The predicted molar refractivity (Wildman–Crippen MR) is 72.0 cm³/mol. The van der Waals surface area contributed by atoms with Crippen LogP contribution >= 0.6 is 0 Å². The van der Waals surface area contributed by atoms with Crippen LogP contribution < -0.4 is 5.32 Å². The monoisotopic (exact) mass is 277 g/mol. The molecule has 0 saturated heterocycles. The number of carbonyl (C=O) groups is 2. The quantitative estimate of drug-likeness (QED) is 0.875. The lowest BCUT2D eigenvalue weighted by molar-refractivity contribution is -0.148. The number of anilines is 1. The Hall–Kier alpha value is -1.85. The Bertz CT molecular complexity index is 540. The predicted octanol–water partition coefficient (Wildman–Crippen LogP) is 1.59. The minimum Gasteiger partial charge on any atom is -0.481 e. The Morgan fingerprint density at radius 1 is 1.40 bits per heavy atom. The lowest BCUT2D eigenvalue weighted by atomic mass is 9.79. The highest BCUT2D eigenvalue weighted by molar-refractivity contribution is 5.95. The van der Waals surface area contributed by atoms with Crippen molar-refractivity contribution in [2.75, 3.05) is 5.32 Å². The average molecular weight is 277 g/mol. The van der Waals surface area contributed by atoms with Crippen molar-refractivity contribution in [2.45, 2.75) is 32.7 Å². The van der Waals surface area contributed by atoms with Crippen LogP contribution in [0.3, 0.4) is 0 Å². The van der Waals surface area contributed by atoms with Gasteiger partial charge in [-0.3, -0.25) is 14.3 Å². The number of amides is 1. The number of nitrogens with zero attached hydrogens (tertiary/aromatic N) is 2. The van der Waals surface area contributed by atoms with Crippen LogP contribution in [0.2, 0.25) is 0 Å². The number of carbonyl (C=O) groups excluding carboxylic acids is 1. The summed E-state index contributed by atoms with van der Waals surface area (Å²) >= 11 is 0. The summed E-state index contributed by atoms with van der Waals surface area (Å²) in [7, 11) is 0. The maximum atomic E-state index is 12.4. The summed E-state index contributed by atoms with van der Waals surface area (Å²) in [6.07, 6.45) is 4.58. The lowest BCUT2D eigenvalue weighted by Crippen LogP contribution is -2.37. The second-order valence-corrected chi connectivity index (χ2v) is 5.77. The minimum atomic E-state index is -0.837. The van der Waals surface area contributed by atoms with Crippen LogP contribution in [0.25, 0.3) is 0 Å². The van der Waals surface area contributed by atoms with Gasteiger partial charge in [-0.15, -0.1) is 0 Å². The molecule has 1 amide bonds. The fourth-order valence-electron chi connectivity index (χ4n) is 3.84. The molecule has 2 N–H and O–H groups in total. The summed E-state index contributed by atoms with van der Waals surface area (Å²) in [5.41, 5.74) is 0. The van der Waals surface area contributed by atoms with Gasteiger partial charge in [0.15, 0.2) is 5.82 Å². The van der Waals surface area contributed by atoms with Crippen LogP contribution in [0, 0.1) is 23.7 Å². The second kappa shape index (κ2) is 4.92. The van der Waals surface area contributed by atoms with Crippen LogP contribution in [0.5, 0.6) is 0 Å². The average Bonchev–Trinajstić information content (AvgIpc) is 3.12. The fourth-order valence-corrected chi connectivity index (χ4v) is 3.84. The van der Waals surface area contributed by atoms with Gasteiger partial charge >= 0.3 is 5.97 Å². The normalized spacial score (nSPS) is 31.4. The molecule has 2 aliphatic rings. The number of rotatable bonds is 4. The largest absolute Gasteiger partial charge is 0.481 e. The Kier molecular flexibility index (Phi) is 3.23. The zero-order valence-electron chi connectivity index (χ0n) is 11.5. The number of carboxylic acids is 1. The number of fused-ring (bicyclic) bond motifs is 2. The third kappa shape index (κ3) is 2.09. The first-order valence-corrected chi connectivity index (χ1v) is 7.17. The van der Waals surface area contributed by atoms with Crippen molar-refractivity contribution in [1.29, 1.82) is 0 Å². The minimum absolute atomic E-state index is 0.168. The third-order valence-electron chi connectivity index (χ3n) is 4.72. The van der Waals surface area contributed by atoms with Crippen molar-refractivity contribution < 1.29 is 14.7 Å². The molecular formula is C14H19N3O3. The van der Waals surface area contributed by atoms with Crippen molar-refractivity contribution in [3.63, 3.8) is 0 Å². The van der Waals surface area contributed by atoms with Crippen molar-refractivity contribution in [3.05, 3.63) is 12.3 Å². The molecule has 6 nitrogen and oxygen atoms in total. The maximum Gasteiger partial charge on any atom is 0.307 e. The summed E-state index contributed by atoms with van der Waals surface area (Å²) in [6.45, 7) is 2.71. The van der Waals surface area contributed by atoms with E-state index in [0.717, 1.165) is 25.8 Å². The molecule has 0 radical (unpaired) electrons. The molecule has 1 aromatic rings. The molecule has 0 aliphatic heterocycles. The van der Waals surface area contributed by atoms with Gasteiger partial charge in [-0.1, -0.05) is 0 Å². The van der Waals surface area contributed by atoms with Crippen molar-refractivity contribution in [3.8, 4) is 0 Å². The van der Waals surface area contributed by atoms with Crippen molar-refractivity contribution >= 4 is 17.7 Å². The number of hydrogen-bond donors (Lipinski definition) is 2. The highest BCUT2D eigenvalue weighted by atomic mass is 16.4. The molecule has 0 aromatic carbocycles. The third-order valence-corrected chi connectivity index (χ3v) is 4.72. The molecule has 6 heteroatoms. The standard InChI is InChI=1S/C14H19N3O3/c1-2-17-6-5-10(16-17)15-13(18)11-8-3-4-9(7-8)12(11)14(19)20/h5-6,8-9,11-12H,2-4,7H2,1H3,(H,19,20)(H,15,16,18). The molecule has 4 atom stereocenters. The topological polar surface area (TPSA) is 84.2 Å². The zero-order chi connectivity index (χ0) is 14.3. The second-order valence-electron chi connectivity index (χ2n) is 5.77. The summed E-state index contributed by atoms with van der Waals surface area (Å²) < 4.78 is 1.73. The number of aliphatic carboxylic acids is 1. The Morgan fingerprint density at radius 3 is 2.70 bits per heavy atom. The Labute approximate surface area is 117 Å². The summed E-state index contributed by atoms with van der Waals surface area (Å²) in [5, 5.41) is 16.3. The first-order chi connectivity index (χ1) is 9.60. The van der Waals surface area contributed by atoms with E-state index in [1.54, 1.807) is 16.9 Å². The summed E-state index contributed by atoms with van der Waals surface area (Å²) in [4.78, 5) is 23.8. The molecule has 2 aliphatic carbocycles. The van der Waals surface area contributed by atoms with Crippen LogP contribution in [0.4, 0.5) is 5.82 Å². The van der Waals surface area contributed by atoms with E-state index in [1.165, 1.54) is 0 Å². The number of carboxylic acid groups (broad SMARTS) is 1. The summed E-state index contributed by atoms with van der Waals surface area (Å²) in [5.74, 6) is -1.07. The van der Waals surface area contributed by atoms with E-state index in [1.807, 2.05) is 6.92 Å². The Morgan fingerprint density at radius 2 is 2.10 bits per heavy atom. The zero-order valence-corrected chi connectivity index (χ0v) is 11.5. The Balaban J connectivity index is 1.74. The van der Waals surface area contributed by atoms with Gasteiger partial charge in [0, 0.05) is 18.8 Å². The van der Waals surface area contributed by atoms with Gasteiger partial charge in [0.25, 0.3) is 0 Å². The van der Waals surface area contributed by atoms with Crippen LogP contribution in [-0.4, -0.2) is 26.8 Å². The SMILES string of the molecule is CCn1ccc(NC(=O)C2C3CCC(C3)C2C(=O)O)n1. The number of nitrogens with one attached hydrogen (secondary N) is 1. The van der Waals surface area contributed by atoms with Crippen LogP contribution in [0.15, 0.2) is 12.3 Å². The molecule has 3 rings (SSSR count). The molecule has 1 aromatic heterocycles. The molecule has 4 unspecified atom stereocenters. The molecule has 2 fully saturated rings. The molecule has 108 valence electrons. The smallest absolute Gasteiger partial charge is 0.307 e. The van der Waals surface area contributed by atoms with E-state index in [-0.39, 0.29) is 17.7 Å². The summed E-state index contributed by atoms with van der Waals surface area (Å²) in [6, 6.07) is 1.74. The molecule has 0 spiro atoms. The van der Waals surface area contributed by atoms with E-state index < -0.39 is 17.8 Å². The highest BCUT2D eigenvalue weighted by Crippen LogP contribution is 2.52. The number of aryl methyl sites for hydroxylation is 1. The molecule has 2 bridgehead atoms. The number of hydrogen-bond acceptors (Lipinski definition) is 3. The van der Waals surface area contributed by atoms with Gasteiger partial charge in [-0.2, -0.15) is 5.10 Å². The fraction of sp³-hybridized carbons (Fsp3) is 0.643. The molecule has 20 heavy (non-hydrogen) atoms. The van der Waals surface area contributed by atoms with E-state index in [4.69, 9.17) is 0 Å². The first-order valence-electron chi connectivity index (χ1n) is 7.17. The van der Waals surface area contributed by atoms with Crippen molar-refractivity contribution in [1.82, 2.24) is 9.78 Å². The van der Waals surface area contributed by atoms with E-state index in [0.29, 0.717) is 5.82 Å². The van der Waals surface area contributed by atoms with Gasteiger partial charge in [-0.25, -0.2) is 0 Å². The van der Waals surface area contributed by atoms with Crippen molar-refractivity contribution in [2.24, 2.45) is 23.7 Å². The van der Waals surface area contributed by atoms with Crippen LogP contribution in [-0.2, 0) is 16.1 Å². The van der Waals surface area contributed by atoms with Gasteiger partial charge < -0.3 is 10.4 Å². The van der Waals surface area contributed by atoms with Gasteiger partial charge in [-0.05, 0) is 38.0 Å². The highest BCUT2D eigenvalue weighted by Gasteiger charge is 2.54. The van der Waals surface area contributed by atoms with Gasteiger partial charge in [0.2, 0.25) is 5.91 Å². The van der Waals surface area contributed by atoms with Crippen LogP contribution in [0.1, 0.15) is 26.2 Å². The van der Waals surface area contributed by atoms with E-state index >= 15 is 0 Å². The van der Waals surface area contributed by atoms with Gasteiger partial charge in [0.05, 0.1) is 11.8 Å². The maximum absolute atomic E-state index is 12.4. The van der Waals surface area contributed by atoms with E-state index in [9.17, 15) is 14.7 Å². The lowest BCUT2D eigenvalue weighted by Gasteiger charge is -2.26.